The molecule has 0 atom stereocenters. The average molecular weight is 421 g/mol. The van der Waals surface area contributed by atoms with Crippen molar-refractivity contribution in [3.05, 3.63) is 59.9 Å². The van der Waals surface area contributed by atoms with Gasteiger partial charge in [0, 0.05) is 18.8 Å². The molecule has 0 fully saturated rings. The van der Waals surface area contributed by atoms with Gasteiger partial charge in [0.2, 0.25) is 10.0 Å². The molecule has 0 unspecified atom stereocenters. The fourth-order valence-electron chi connectivity index (χ4n) is 2.74. The van der Waals surface area contributed by atoms with E-state index >= 15 is 0 Å². The highest BCUT2D eigenvalue weighted by Gasteiger charge is 2.21. The zero-order valence-corrected chi connectivity index (χ0v) is 17.5. The van der Waals surface area contributed by atoms with Gasteiger partial charge in [-0.3, -0.25) is 9.10 Å². The van der Waals surface area contributed by atoms with E-state index < -0.39 is 28.3 Å². The van der Waals surface area contributed by atoms with Gasteiger partial charge in [0.15, 0.2) is 0 Å². The Morgan fingerprint density at radius 3 is 2.31 bits per heavy atom. The molecular weight excluding hydrogens is 395 g/mol. The second kappa shape index (κ2) is 10.0. The Morgan fingerprint density at radius 1 is 1.10 bits per heavy atom. The van der Waals surface area contributed by atoms with Crippen LogP contribution in [0, 0.1) is 5.82 Å². The first kappa shape index (κ1) is 22.4. The van der Waals surface area contributed by atoms with Crippen molar-refractivity contribution in [3.8, 4) is 0 Å². The molecule has 0 saturated heterocycles. The Hall–Kier alpha value is -2.94. The topological polar surface area (TPSA) is 82.1 Å². The van der Waals surface area contributed by atoms with Crippen molar-refractivity contribution in [1.82, 2.24) is 5.43 Å². The lowest BCUT2D eigenvalue weighted by Gasteiger charge is -2.21. The maximum absolute atomic E-state index is 13.4. The predicted octanol–water partition coefficient (Wildman–Crippen LogP) is 2.59. The van der Waals surface area contributed by atoms with Gasteiger partial charge in [0.05, 0.1) is 18.2 Å². The number of rotatable bonds is 9. The summed E-state index contributed by atoms with van der Waals surface area (Å²) >= 11 is 0. The third kappa shape index (κ3) is 6.56. The predicted molar refractivity (Wildman–Crippen MR) is 114 cm³/mol. The van der Waals surface area contributed by atoms with E-state index in [4.69, 9.17) is 0 Å². The van der Waals surface area contributed by atoms with E-state index in [9.17, 15) is 17.6 Å². The van der Waals surface area contributed by atoms with Gasteiger partial charge in [-0.05, 0) is 49.7 Å². The zero-order chi connectivity index (χ0) is 21.4. The van der Waals surface area contributed by atoms with Gasteiger partial charge in [-0.15, -0.1) is 0 Å². The number of nitrogens with one attached hydrogen (secondary N) is 1. The minimum absolute atomic E-state index is 0.0682. The minimum Gasteiger partial charge on any atom is -0.372 e. The number of carbonyl (C=O) groups is 1. The van der Waals surface area contributed by atoms with Crippen LogP contribution < -0.4 is 14.6 Å². The Bertz CT molecular complexity index is 958. The van der Waals surface area contributed by atoms with Crippen LogP contribution in [0.5, 0.6) is 0 Å². The lowest BCUT2D eigenvalue weighted by Crippen LogP contribution is -2.39. The smallest absolute Gasteiger partial charge is 0.260 e. The fraction of sp³-hybridized carbons (Fsp3) is 0.300. The summed E-state index contributed by atoms with van der Waals surface area (Å²) in [7, 11) is -3.78. The van der Waals surface area contributed by atoms with Crippen LogP contribution in [0.2, 0.25) is 0 Å². The number of benzene rings is 2. The van der Waals surface area contributed by atoms with Gasteiger partial charge in [-0.1, -0.05) is 18.2 Å². The Morgan fingerprint density at radius 2 is 1.76 bits per heavy atom. The molecule has 9 heteroatoms. The molecule has 1 N–H and O–H groups in total. The maximum atomic E-state index is 13.4. The van der Waals surface area contributed by atoms with E-state index in [0.29, 0.717) is 0 Å². The number of carbonyl (C=O) groups excluding carboxylic acids is 1. The molecular formula is C20H25FN4O3S. The van der Waals surface area contributed by atoms with E-state index in [0.717, 1.165) is 41.0 Å². The monoisotopic (exact) mass is 420 g/mol. The van der Waals surface area contributed by atoms with Crippen molar-refractivity contribution in [1.29, 1.82) is 0 Å². The van der Waals surface area contributed by atoms with Crippen molar-refractivity contribution < 1.29 is 17.6 Å². The van der Waals surface area contributed by atoms with Crippen LogP contribution in [0.1, 0.15) is 19.4 Å². The number of anilines is 2. The number of halogens is 1. The molecule has 0 bridgehead atoms. The van der Waals surface area contributed by atoms with Gasteiger partial charge < -0.3 is 4.90 Å². The fourth-order valence-corrected chi connectivity index (χ4v) is 3.58. The number of hydrogen-bond acceptors (Lipinski definition) is 5. The molecule has 7 nitrogen and oxygen atoms in total. The molecule has 0 heterocycles. The lowest BCUT2D eigenvalue weighted by atomic mass is 10.2. The maximum Gasteiger partial charge on any atom is 0.260 e. The van der Waals surface area contributed by atoms with Crippen LogP contribution >= 0.6 is 0 Å². The Kier molecular flexibility index (Phi) is 7.72. The number of amides is 1. The molecule has 156 valence electrons. The molecule has 0 aliphatic carbocycles. The Balaban J connectivity index is 2.02. The average Bonchev–Trinajstić information content (AvgIpc) is 2.67. The third-order valence-electron chi connectivity index (χ3n) is 4.21. The molecule has 29 heavy (non-hydrogen) atoms. The molecule has 0 radical (unpaired) electrons. The lowest BCUT2D eigenvalue weighted by molar-refractivity contribution is -0.119. The molecule has 2 rings (SSSR count). The van der Waals surface area contributed by atoms with Crippen LogP contribution in [0.3, 0.4) is 0 Å². The zero-order valence-electron chi connectivity index (χ0n) is 16.7. The number of sulfonamides is 1. The standard InChI is InChI=1S/C20H25FN4O3S/c1-4-24(5-2)18-11-9-16(10-12-18)14-22-23-20(26)15-25(29(3,27)28)19-8-6-7-17(21)13-19/h6-14H,4-5,15H2,1-3H3,(H,23,26)/b22-14-. The third-order valence-corrected chi connectivity index (χ3v) is 5.35. The number of hydrazone groups is 1. The summed E-state index contributed by atoms with van der Waals surface area (Å²) in [6.07, 6.45) is 2.42. The first-order valence-electron chi connectivity index (χ1n) is 9.14. The van der Waals surface area contributed by atoms with E-state index in [1.165, 1.54) is 24.4 Å². The SMILES string of the molecule is CCN(CC)c1ccc(/C=N\NC(=O)CN(c2cccc(F)c2)S(C)(=O)=O)cc1. The minimum atomic E-state index is -3.78. The summed E-state index contributed by atoms with van der Waals surface area (Å²) in [6.45, 7) is 5.46. The van der Waals surface area contributed by atoms with Gasteiger partial charge in [0.25, 0.3) is 5.91 Å². The van der Waals surface area contributed by atoms with E-state index in [1.807, 2.05) is 24.3 Å². The molecule has 0 aliphatic rings. The summed E-state index contributed by atoms with van der Waals surface area (Å²) < 4.78 is 38.2. The number of hydrogen-bond donors (Lipinski definition) is 1. The Labute approximate surface area is 170 Å². The normalized spacial score (nSPS) is 11.4. The molecule has 2 aromatic rings. The first-order valence-corrected chi connectivity index (χ1v) is 11.0. The van der Waals surface area contributed by atoms with Gasteiger partial charge in [-0.2, -0.15) is 5.10 Å². The summed E-state index contributed by atoms with van der Waals surface area (Å²) in [5, 5.41) is 3.87. The van der Waals surface area contributed by atoms with Crippen molar-refractivity contribution in [2.45, 2.75) is 13.8 Å². The molecule has 1 amide bonds. The highest BCUT2D eigenvalue weighted by atomic mass is 32.2. The summed E-state index contributed by atoms with van der Waals surface area (Å²) in [5.74, 6) is -1.24. The summed E-state index contributed by atoms with van der Waals surface area (Å²) in [4.78, 5) is 14.3. The van der Waals surface area contributed by atoms with Crippen molar-refractivity contribution in [2.75, 3.05) is 35.1 Å². The second-order valence-corrected chi connectivity index (χ2v) is 8.21. The largest absolute Gasteiger partial charge is 0.372 e. The second-order valence-electron chi connectivity index (χ2n) is 6.31. The van der Waals surface area contributed by atoms with Crippen LogP contribution in [0.25, 0.3) is 0 Å². The van der Waals surface area contributed by atoms with E-state index in [2.05, 4.69) is 29.3 Å². The highest BCUT2D eigenvalue weighted by molar-refractivity contribution is 7.92. The van der Waals surface area contributed by atoms with Crippen molar-refractivity contribution in [2.24, 2.45) is 5.10 Å². The molecule has 0 saturated carbocycles. The van der Waals surface area contributed by atoms with Crippen LogP contribution in [0.15, 0.2) is 53.6 Å². The molecule has 0 aliphatic heterocycles. The number of nitrogens with zero attached hydrogens (tertiary/aromatic N) is 3. The molecule has 0 spiro atoms. The van der Waals surface area contributed by atoms with Crippen LogP contribution in [0.4, 0.5) is 15.8 Å². The molecule has 2 aromatic carbocycles. The first-order chi connectivity index (χ1) is 13.7. The summed E-state index contributed by atoms with van der Waals surface area (Å²) in [6, 6.07) is 12.7. The van der Waals surface area contributed by atoms with Crippen LogP contribution in [-0.4, -0.2) is 46.4 Å². The van der Waals surface area contributed by atoms with E-state index in [1.54, 1.807) is 0 Å². The van der Waals surface area contributed by atoms with Gasteiger partial charge in [0.1, 0.15) is 12.4 Å². The van der Waals surface area contributed by atoms with Gasteiger partial charge in [-0.25, -0.2) is 18.2 Å². The van der Waals surface area contributed by atoms with E-state index in [-0.39, 0.29) is 5.69 Å². The van der Waals surface area contributed by atoms with Gasteiger partial charge >= 0.3 is 0 Å². The molecule has 0 aromatic heterocycles. The quantitative estimate of drug-likeness (QED) is 0.499. The summed E-state index contributed by atoms with van der Waals surface area (Å²) in [5.41, 5.74) is 4.24. The van der Waals surface area contributed by atoms with Crippen molar-refractivity contribution >= 4 is 33.5 Å². The van der Waals surface area contributed by atoms with Crippen LogP contribution in [-0.2, 0) is 14.8 Å². The van der Waals surface area contributed by atoms with Crippen molar-refractivity contribution in [3.63, 3.8) is 0 Å². The highest BCUT2D eigenvalue weighted by Crippen LogP contribution is 2.18.